The minimum absolute atomic E-state index is 0.131. The van der Waals surface area contributed by atoms with Crippen LogP contribution >= 0.6 is 0 Å². The Morgan fingerprint density at radius 2 is 1.44 bits per heavy atom. The molecule has 4 unspecified atom stereocenters. The number of ether oxygens (including phenoxy) is 2. The Morgan fingerprint density at radius 3 is 1.90 bits per heavy atom. The number of carbonyl (C=O) groups excluding carboxylic acids is 4. The van der Waals surface area contributed by atoms with Crippen molar-refractivity contribution in [2.45, 2.75) is 19.1 Å². The molecule has 0 saturated carbocycles. The van der Waals surface area contributed by atoms with E-state index in [2.05, 4.69) is 6.08 Å². The number of fused-ring (bicyclic) bond motifs is 5. The van der Waals surface area contributed by atoms with Crippen molar-refractivity contribution in [3.63, 3.8) is 0 Å². The van der Waals surface area contributed by atoms with Crippen LogP contribution < -0.4 is 4.90 Å². The zero-order valence-electron chi connectivity index (χ0n) is 21.2. The maximum absolute atomic E-state index is 12.4. The molecule has 7 rings (SSSR count). The minimum Gasteiger partial charge on any atom is -0.373 e. The van der Waals surface area contributed by atoms with Gasteiger partial charge in [0.15, 0.2) is 5.70 Å². The molecule has 1 aromatic rings. The molecule has 5 heterocycles. The number of allylic oxidation sites excluding steroid dienone is 5. The molecule has 0 spiro atoms. The molecule has 4 atom stereocenters. The maximum Gasteiger partial charge on any atom is 0.260 e. The second-order valence-corrected chi connectivity index (χ2v) is 8.69. The lowest BCUT2D eigenvalue weighted by Crippen LogP contribution is -2.34. The summed E-state index contributed by atoms with van der Waals surface area (Å²) in [6.07, 6.45) is 19.4. The second kappa shape index (κ2) is 12.7. The van der Waals surface area contributed by atoms with Crippen LogP contribution in [0.4, 0.5) is 5.69 Å². The first-order chi connectivity index (χ1) is 19.0. The number of rotatable bonds is 2. The number of benzene rings is 1. The average Bonchev–Trinajstić information content (AvgIpc) is 3.79. The van der Waals surface area contributed by atoms with E-state index in [-0.39, 0.29) is 47.7 Å². The largest absolute Gasteiger partial charge is 0.373 e. The van der Waals surface area contributed by atoms with Crippen molar-refractivity contribution in [3.8, 4) is 6.07 Å². The molecule has 9 nitrogen and oxygen atoms in total. The Labute approximate surface area is 226 Å². The van der Waals surface area contributed by atoms with E-state index in [9.17, 15) is 19.2 Å². The molecule has 6 aliphatic rings. The van der Waals surface area contributed by atoms with Gasteiger partial charge in [0.1, 0.15) is 12.2 Å². The van der Waals surface area contributed by atoms with Crippen LogP contribution in [-0.2, 0) is 28.7 Å². The summed E-state index contributed by atoms with van der Waals surface area (Å²) in [6, 6.07) is 10.8. The highest BCUT2D eigenvalue weighted by Gasteiger charge is 2.60. The molecule has 0 radical (unpaired) electrons. The van der Waals surface area contributed by atoms with E-state index >= 15 is 0 Å². The van der Waals surface area contributed by atoms with E-state index in [1.165, 1.54) is 24.0 Å². The Morgan fingerprint density at radius 1 is 0.872 bits per heavy atom. The number of anilines is 1. The van der Waals surface area contributed by atoms with Crippen LogP contribution in [0.1, 0.15) is 6.92 Å². The number of imide groups is 2. The van der Waals surface area contributed by atoms with Crippen LogP contribution in [0.5, 0.6) is 0 Å². The highest BCUT2D eigenvalue weighted by molar-refractivity contribution is 6.23. The summed E-state index contributed by atoms with van der Waals surface area (Å²) in [5.41, 5.74) is 1.24. The molecule has 0 N–H and O–H groups in total. The molecule has 4 amide bonds. The van der Waals surface area contributed by atoms with Gasteiger partial charge in [-0.1, -0.05) is 42.5 Å². The summed E-state index contributed by atoms with van der Waals surface area (Å²) < 4.78 is 10.4. The van der Waals surface area contributed by atoms with Gasteiger partial charge in [-0.3, -0.25) is 19.2 Å². The van der Waals surface area contributed by atoms with Crippen molar-refractivity contribution in [2.75, 3.05) is 18.1 Å². The van der Waals surface area contributed by atoms with Crippen LogP contribution in [0.15, 0.2) is 96.8 Å². The topological polar surface area (TPSA) is 117 Å². The molecular formula is C30H26N3O6+. The van der Waals surface area contributed by atoms with Crippen LogP contribution in [0.2, 0.25) is 0 Å². The highest BCUT2D eigenvalue weighted by Crippen LogP contribution is 2.46. The van der Waals surface area contributed by atoms with Gasteiger partial charge in [-0.2, -0.15) is 5.26 Å². The minimum atomic E-state index is -0.326. The number of para-hydroxylation sites is 1. The van der Waals surface area contributed by atoms with Crippen molar-refractivity contribution >= 4 is 29.3 Å². The third kappa shape index (κ3) is 5.89. The summed E-state index contributed by atoms with van der Waals surface area (Å²) in [6.45, 7) is 3.07. The van der Waals surface area contributed by atoms with Crippen molar-refractivity contribution in [1.82, 2.24) is 4.90 Å². The molecule has 9 heteroatoms. The Kier molecular flexibility index (Phi) is 8.87. The molecule has 39 heavy (non-hydrogen) atoms. The van der Waals surface area contributed by atoms with E-state index in [4.69, 9.17) is 14.7 Å². The number of nitriles is 1. The molecule has 2 saturated heterocycles. The van der Waals surface area contributed by atoms with Gasteiger partial charge in [0, 0.05) is 25.2 Å². The Hall–Kier alpha value is -4.74. The first-order valence-corrected chi connectivity index (χ1v) is 12.3. The van der Waals surface area contributed by atoms with Gasteiger partial charge >= 0.3 is 0 Å². The normalized spacial score (nSPS) is 26.2. The third-order valence-corrected chi connectivity index (χ3v) is 6.29. The van der Waals surface area contributed by atoms with Gasteiger partial charge < -0.3 is 9.47 Å². The average molecular weight is 525 g/mol. The Balaban J connectivity index is 0.000000146. The van der Waals surface area contributed by atoms with Crippen molar-refractivity contribution < 1.29 is 28.7 Å². The first-order valence-electron chi connectivity index (χ1n) is 12.3. The standard InChI is InChI=1S/C14H11NO3.C10H6NO2.C4H6O.C2H3N/c16-13-11-9-6-7-10(18-9)12(11)14(17)15(13)8-4-2-1-3-5-8;12-9-6-7-10(13)11(9)8-4-2-1-3-5-8;1-2-4-5-3-1;1-2-3/h1-7,9-12H;2-7H;1-2H,3-4H2;1H3/q;+1;;. The van der Waals surface area contributed by atoms with Gasteiger partial charge in [0.05, 0.1) is 61.2 Å². The predicted octanol–water partition coefficient (Wildman–Crippen LogP) is 2.96. The third-order valence-electron chi connectivity index (χ3n) is 6.29. The van der Waals surface area contributed by atoms with Crippen LogP contribution in [-0.4, -0.2) is 54.0 Å². The second-order valence-electron chi connectivity index (χ2n) is 8.69. The van der Waals surface area contributed by atoms with Crippen molar-refractivity contribution in [1.29, 1.82) is 5.26 Å². The fourth-order valence-corrected chi connectivity index (χ4v) is 4.66. The summed E-state index contributed by atoms with van der Waals surface area (Å²) >= 11 is 0. The molecular weight excluding hydrogens is 498 g/mol. The van der Waals surface area contributed by atoms with Gasteiger partial charge in [-0.25, -0.2) is 9.80 Å². The van der Waals surface area contributed by atoms with E-state index in [1.54, 1.807) is 42.5 Å². The molecule has 5 aliphatic heterocycles. The van der Waals surface area contributed by atoms with Gasteiger partial charge in [0.2, 0.25) is 11.8 Å². The molecule has 196 valence electrons. The summed E-state index contributed by atoms with van der Waals surface area (Å²) in [7, 11) is 0. The number of nitrogens with zero attached hydrogens (tertiary/aromatic N) is 3. The zero-order chi connectivity index (χ0) is 27.8. The van der Waals surface area contributed by atoms with Gasteiger partial charge in [0.25, 0.3) is 11.8 Å². The van der Waals surface area contributed by atoms with Gasteiger partial charge in [-0.15, -0.1) is 0 Å². The predicted molar refractivity (Wildman–Crippen MR) is 141 cm³/mol. The van der Waals surface area contributed by atoms with E-state index in [0.717, 1.165) is 18.1 Å². The van der Waals surface area contributed by atoms with E-state index in [1.807, 2.05) is 42.5 Å². The number of hydrogen-bond donors (Lipinski definition) is 0. The monoisotopic (exact) mass is 524 g/mol. The van der Waals surface area contributed by atoms with Gasteiger partial charge in [-0.05, 0) is 12.1 Å². The first kappa shape index (κ1) is 27.3. The van der Waals surface area contributed by atoms with E-state index < -0.39 is 0 Å². The lowest BCUT2D eigenvalue weighted by molar-refractivity contribution is -0.134. The zero-order valence-corrected chi connectivity index (χ0v) is 21.2. The molecule has 1 aromatic carbocycles. The Bertz CT molecular complexity index is 1290. The van der Waals surface area contributed by atoms with Crippen molar-refractivity contribution in [3.05, 3.63) is 103 Å². The van der Waals surface area contributed by atoms with Crippen LogP contribution in [0, 0.1) is 29.2 Å². The molecule has 2 fully saturated rings. The fourth-order valence-electron chi connectivity index (χ4n) is 4.66. The number of amides is 4. The summed E-state index contributed by atoms with van der Waals surface area (Å²) in [5.74, 6) is -1.51. The van der Waals surface area contributed by atoms with Crippen LogP contribution in [0.25, 0.3) is 0 Å². The van der Waals surface area contributed by atoms with Crippen molar-refractivity contribution in [2.24, 2.45) is 11.8 Å². The number of hydrogen-bond acceptors (Lipinski definition) is 7. The number of carbonyl (C=O) groups is 4. The van der Waals surface area contributed by atoms with E-state index in [0.29, 0.717) is 11.4 Å². The smallest absolute Gasteiger partial charge is 0.260 e. The maximum atomic E-state index is 12.4. The summed E-state index contributed by atoms with van der Waals surface area (Å²) in [4.78, 5) is 49.6. The van der Waals surface area contributed by atoms with Crippen LogP contribution in [0.3, 0.4) is 0 Å². The molecule has 2 bridgehead atoms. The highest BCUT2D eigenvalue weighted by atomic mass is 16.5. The summed E-state index contributed by atoms with van der Waals surface area (Å²) in [5, 5.41) is 7.32. The lowest BCUT2D eigenvalue weighted by Gasteiger charge is -2.17. The molecule has 0 aromatic heterocycles. The fraction of sp³-hybridized carbons (Fsp3) is 0.233. The lowest BCUT2D eigenvalue weighted by atomic mass is 9.85. The molecule has 1 aliphatic carbocycles. The quantitative estimate of drug-likeness (QED) is 0.332. The SMILES string of the molecule is C1=CCOC1.CC#N.O=C1C2C3C=CC(O3)C2C(=O)N1c1ccccc1.O=C1C=CC(=O)N1C1=CC=[C+]C=C1.